The van der Waals surface area contributed by atoms with Crippen molar-refractivity contribution in [1.82, 2.24) is 10.6 Å². The Bertz CT molecular complexity index is 280. The zero-order valence-electron chi connectivity index (χ0n) is 10.6. The molecule has 1 atom stereocenters. The molecule has 0 rings (SSSR count). The van der Waals surface area contributed by atoms with Crippen LogP contribution >= 0.6 is 0 Å². The number of amides is 2. The van der Waals surface area contributed by atoms with E-state index in [0.717, 1.165) is 0 Å². The molecule has 18 heavy (non-hydrogen) atoms. The Morgan fingerprint density at radius 3 is 2.00 bits per heavy atom. The fraction of sp³-hybridized carbons (Fsp3) is 0.818. The fourth-order valence-corrected chi connectivity index (χ4v) is 1.27. The van der Waals surface area contributed by atoms with E-state index in [9.17, 15) is 22.8 Å². The van der Waals surface area contributed by atoms with E-state index in [4.69, 9.17) is 0 Å². The Morgan fingerprint density at radius 1 is 1.06 bits per heavy atom. The van der Waals surface area contributed by atoms with E-state index in [1.54, 1.807) is 13.8 Å². The van der Waals surface area contributed by atoms with Gasteiger partial charge in [-0.3, -0.25) is 9.59 Å². The summed E-state index contributed by atoms with van der Waals surface area (Å²) in [5, 5.41) is 4.04. The standard InChI is InChI=1S/C11H19F3N2O2/c1-3-5-9(17)15-7-8(11(12,13)14)16-10(18)6-4-2/h8H,3-7H2,1-2H3,(H,15,17)(H,16,18)/t8-/m0/s1. The summed E-state index contributed by atoms with van der Waals surface area (Å²) in [6.45, 7) is 2.83. The highest BCUT2D eigenvalue weighted by molar-refractivity contribution is 5.77. The summed E-state index contributed by atoms with van der Waals surface area (Å²) in [7, 11) is 0. The lowest BCUT2D eigenvalue weighted by Crippen LogP contribution is -2.52. The summed E-state index contributed by atoms with van der Waals surface area (Å²) in [5.74, 6) is -1.11. The Balaban J connectivity index is 4.33. The van der Waals surface area contributed by atoms with Gasteiger partial charge in [0.25, 0.3) is 0 Å². The number of hydrogen-bond donors (Lipinski definition) is 2. The SMILES string of the molecule is CCCC(=O)NC[C@H](NC(=O)CCC)C(F)(F)F. The van der Waals surface area contributed by atoms with E-state index in [0.29, 0.717) is 12.8 Å². The molecule has 0 radical (unpaired) electrons. The van der Waals surface area contributed by atoms with Gasteiger partial charge < -0.3 is 10.6 Å². The molecule has 2 amide bonds. The van der Waals surface area contributed by atoms with Crippen LogP contribution in [-0.4, -0.2) is 30.6 Å². The van der Waals surface area contributed by atoms with Gasteiger partial charge in [-0.25, -0.2) is 0 Å². The number of halogens is 3. The molecule has 0 saturated heterocycles. The Labute approximate surface area is 104 Å². The molecule has 7 heteroatoms. The van der Waals surface area contributed by atoms with Crippen molar-refractivity contribution in [2.45, 2.75) is 51.7 Å². The third kappa shape index (κ3) is 7.13. The molecule has 4 nitrogen and oxygen atoms in total. The van der Waals surface area contributed by atoms with Crippen molar-refractivity contribution in [2.24, 2.45) is 0 Å². The lowest BCUT2D eigenvalue weighted by Gasteiger charge is -2.22. The first-order chi connectivity index (χ1) is 8.31. The first-order valence-electron chi connectivity index (χ1n) is 5.94. The first-order valence-corrected chi connectivity index (χ1v) is 5.94. The van der Waals surface area contributed by atoms with Gasteiger partial charge in [-0.05, 0) is 12.8 Å². The minimum Gasteiger partial charge on any atom is -0.354 e. The van der Waals surface area contributed by atoms with Crippen molar-refractivity contribution in [3.63, 3.8) is 0 Å². The zero-order chi connectivity index (χ0) is 14.2. The summed E-state index contributed by atoms with van der Waals surface area (Å²) in [6.07, 6.45) is -3.32. The van der Waals surface area contributed by atoms with E-state index in [1.165, 1.54) is 0 Å². The Morgan fingerprint density at radius 2 is 1.56 bits per heavy atom. The molecule has 0 aromatic carbocycles. The minimum absolute atomic E-state index is 0.0372. The zero-order valence-corrected chi connectivity index (χ0v) is 10.6. The molecule has 0 spiro atoms. The summed E-state index contributed by atoms with van der Waals surface area (Å²) in [4.78, 5) is 22.2. The summed E-state index contributed by atoms with van der Waals surface area (Å²) in [6, 6.07) is -2.03. The largest absolute Gasteiger partial charge is 0.410 e. The molecule has 0 saturated carbocycles. The summed E-state index contributed by atoms with van der Waals surface area (Å²) < 4.78 is 37.8. The fourth-order valence-electron chi connectivity index (χ4n) is 1.27. The highest BCUT2D eigenvalue weighted by atomic mass is 19.4. The van der Waals surface area contributed by atoms with E-state index in [1.807, 2.05) is 5.32 Å². The molecule has 0 aliphatic heterocycles. The minimum atomic E-state index is -4.57. The molecule has 0 aliphatic rings. The average molecular weight is 268 g/mol. The van der Waals surface area contributed by atoms with E-state index in [2.05, 4.69) is 5.32 Å². The van der Waals surface area contributed by atoms with Crippen LogP contribution in [0.3, 0.4) is 0 Å². The predicted octanol–water partition coefficient (Wildman–Crippen LogP) is 1.75. The van der Waals surface area contributed by atoms with Gasteiger partial charge in [0.1, 0.15) is 6.04 Å². The molecule has 0 fully saturated rings. The van der Waals surface area contributed by atoms with Crippen LogP contribution in [0.4, 0.5) is 13.2 Å². The van der Waals surface area contributed by atoms with Crippen molar-refractivity contribution >= 4 is 11.8 Å². The van der Waals surface area contributed by atoms with Crippen molar-refractivity contribution < 1.29 is 22.8 Å². The molecular weight excluding hydrogens is 249 g/mol. The van der Waals surface area contributed by atoms with Crippen LogP contribution in [0.15, 0.2) is 0 Å². The van der Waals surface area contributed by atoms with Gasteiger partial charge >= 0.3 is 6.18 Å². The summed E-state index contributed by atoms with van der Waals surface area (Å²) >= 11 is 0. The number of nitrogens with one attached hydrogen (secondary N) is 2. The Hall–Kier alpha value is -1.27. The molecule has 0 bridgehead atoms. The van der Waals surface area contributed by atoms with E-state index in [-0.39, 0.29) is 12.8 Å². The third-order valence-electron chi connectivity index (χ3n) is 2.19. The number of hydrogen-bond acceptors (Lipinski definition) is 2. The van der Waals surface area contributed by atoms with Gasteiger partial charge in [-0.1, -0.05) is 13.8 Å². The summed E-state index contributed by atoms with van der Waals surface area (Å²) in [5.41, 5.74) is 0. The topological polar surface area (TPSA) is 58.2 Å². The van der Waals surface area contributed by atoms with Gasteiger partial charge in [-0.2, -0.15) is 13.2 Å². The Kier molecular flexibility index (Phi) is 7.38. The molecule has 106 valence electrons. The number of rotatable bonds is 7. The predicted molar refractivity (Wildman–Crippen MR) is 60.8 cm³/mol. The van der Waals surface area contributed by atoms with Crippen LogP contribution < -0.4 is 10.6 Å². The highest BCUT2D eigenvalue weighted by Crippen LogP contribution is 2.19. The maximum Gasteiger partial charge on any atom is 0.410 e. The van der Waals surface area contributed by atoms with Crippen molar-refractivity contribution in [3.05, 3.63) is 0 Å². The van der Waals surface area contributed by atoms with Crippen molar-refractivity contribution in [3.8, 4) is 0 Å². The first kappa shape index (κ1) is 16.7. The molecule has 0 aromatic rings. The van der Waals surface area contributed by atoms with Gasteiger partial charge in [0.05, 0.1) is 0 Å². The lowest BCUT2D eigenvalue weighted by molar-refractivity contribution is -0.161. The molecule has 0 heterocycles. The van der Waals surface area contributed by atoms with Gasteiger partial charge in [0.2, 0.25) is 11.8 Å². The highest BCUT2D eigenvalue weighted by Gasteiger charge is 2.40. The quantitative estimate of drug-likeness (QED) is 0.739. The van der Waals surface area contributed by atoms with Crippen LogP contribution in [0.25, 0.3) is 0 Å². The molecule has 0 aliphatic carbocycles. The van der Waals surface area contributed by atoms with Crippen LogP contribution in [0.2, 0.25) is 0 Å². The molecule has 2 N–H and O–H groups in total. The van der Waals surface area contributed by atoms with Crippen LogP contribution in [0, 0.1) is 0 Å². The monoisotopic (exact) mass is 268 g/mol. The van der Waals surface area contributed by atoms with E-state index >= 15 is 0 Å². The lowest BCUT2D eigenvalue weighted by atomic mass is 10.2. The third-order valence-corrected chi connectivity index (χ3v) is 2.19. The number of alkyl halides is 3. The van der Waals surface area contributed by atoms with Crippen LogP contribution in [-0.2, 0) is 9.59 Å². The maximum absolute atomic E-state index is 12.6. The van der Waals surface area contributed by atoms with Gasteiger partial charge in [-0.15, -0.1) is 0 Å². The second-order valence-electron chi connectivity index (χ2n) is 3.97. The maximum atomic E-state index is 12.6. The van der Waals surface area contributed by atoms with Gasteiger partial charge in [0.15, 0.2) is 0 Å². The molecule has 0 aromatic heterocycles. The number of carbonyl (C=O) groups excluding carboxylic acids is 2. The van der Waals surface area contributed by atoms with Gasteiger partial charge in [0, 0.05) is 19.4 Å². The molecule has 0 unspecified atom stereocenters. The second kappa shape index (κ2) is 7.94. The molecular formula is C11H19F3N2O2. The number of carbonyl (C=O) groups is 2. The average Bonchev–Trinajstić information content (AvgIpc) is 2.23. The van der Waals surface area contributed by atoms with Crippen molar-refractivity contribution in [1.29, 1.82) is 0 Å². The van der Waals surface area contributed by atoms with Crippen LogP contribution in [0.1, 0.15) is 39.5 Å². The second-order valence-corrected chi connectivity index (χ2v) is 3.97. The smallest absolute Gasteiger partial charge is 0.354 e. The van der Waals surface area contributed by atoms with Crippen molar-refractivity contribution in [2.75, 3.05) is 6.54 Å². The normalized spacial score (nSPS) is 12.9. The van der Waals surface area contributed by atoms with Crippen LogP contribution in [0.5, 0.6) is 0 Å². The van der Waals surface area contributed by atoms with E-state index < -0.39 is 30.6 Å².